The molecule has 126 valence electrons. The van der Waals surface area contributed by atoms with Crippen molar-refractivity contribution < 1.29 is 4.74 Å². The first kappa shape index (κ1) is 19.0. The van der Waals surface area contributed by atoms with Gasteiger partial charge in [-0.05, 0) is 45.1 Å². The van der Waals surface area contributed by atoms with E-state index in [1.807, 2.05) is 0 Å². The lowest BCUT2D eigenvalue weighted by Crippen LogP contribution is -2.46. The van der Waals surface area contributed by atoms with Crippen LogP contribution in [0.15, 0.2) is 0 Å². The molecule has 0 aromatic heterocycles. The lowest BCUT2D eigenvalue weighted by atomic mass is 9.81. The molecule has 0 radical (unpaired) electrons. The summed E-state index contributed by atoms with van der Waals surface area (Å²) in [4.78, 5) is 0. The van der Waals surface area contributed by atoms with Gasteiger partial charge in [0.2, 0.25) is 0 Å². The van der Waals surface area contributed by atoms with E-state index >= 15 is 0 Å². The maximum Gasteiger partial charge on any atom is 0.0734 e. The van der Waals surface area contributed by atoms with Gasteiger partial charge >= 0.3 is 0 Å². The van der Waals surface area contributed by atoms with Gasteiger partial charge in [-0.2, -0.15) is 0 Å². The van der Waals surface area contributed by atoms with Gasteiger partial charge in [-0.3, -0.25) is 0 Å². The quantitative estimate of drug-likeness (QED) is 0.522. The minimum Gasteiger partial charge on any atom is -0.374 e. The number of nitrogens with one attached hydrogen (secondary N) is 1. The van der Waals surface area contributed by atoms with Crippen molar-refractivity contribution in [2.75, 3.05) is 6.54 Å². The summed E-state index contributed by atoms with van der Waals surface area (Å²) in [7, 11) is 0. The fourth-order valence-corrected chi connectivity index (χ4v) is 3.75. The molecule has 0 aromatic rings. The Balaban J connectivity index is 2.37. The normalized spacial score (nSPS) is 27.7. The number of ether oxygens (including phenoxy) is 1. The summed E-state index contributed by atoms with van der Waals surface area (Å²) in [5.74, 6) is 0.891. The molecule has 1 aliphatic rings. The van der Waals surface area contributed by atoms with Gasteiger partial charge in [0.25, 0.3) is 0 Å². The van der Waals surface area contributed by atoms with E-state index in [0.717, 1.165) is 12.5 Å². The predicted octanol–water partition coefficient (Wildman–Crippen LogP) is 5.31. The van der Waals surface area contributed by atoms with Crippen molar-refractivity contribution in [2.24, 2.45) is 5.92 Å². The average Bonchev–Trinajstić information content (AvgIpc) is 2.47. The van der Waals surface area contributed by atoms with Crippen molar-refractivity contribution in [2.45, 2.75) is 110 Å². The van der Waals surface area contributed by atoms with Gasteiger partial charge < -0.3 is 10.1 Å². The number of hydrogen-bond donors (Lipinski definition) is 1. The van der Waals surface area contributed by atoms with Crippen molar-refractivity contribution >= 4 is 0 Å². The molecule has 2 nitrogen and oxygen atoms in total. The van der Waals surface area contributed by atoms with E-state index in [9.17, 15) is 0 Å². The van der Waals surface area contributed by atoms with E-state index in [-0.39, 0.29) is 0 Å². The highest BCUT2D eigenvalue weighted by Crippen LogP contribution is 2.31. The summed E-state index contributed by atoms with van der Waals surface area (Å²) in [6.07, 6.45) is 14.1. The van der Waals surface area contributed by atoms with Gasteiger partial charge in [0.15, 0.2) is 0 Å². The van der Waals surface area contributed by atoms with Gasteiger partial charge in [0.05, 0.1) is 12.2 Å². The molecule has 2 heteroatoms. The van der Waals surface area contributed by atoms with Crippen LogP contribution in [0.5, 0.6) is 0 Å². The first-order valence-electron chi connectivity index (χ1n) is 9.60. The molecule has 0 saturated heterocycles. The fourth-order valence-electron chi connectivity index (χ4n) is 3.75. The second-order valence-electron chi connectivity index (χ2n) is 6.97. The number of hydrogen-bond acceptors (Lipinski definition) is 2. The van der Waals surface area contributed by atoms with E-state index in [0.29, 0.717) is 18.2 Å². The average molecular weight is 298 g/mol. The SMILES string of the molecule is CCCCCCC(C)OC1CC(CCC)CCC1NCC. The summed E-state index contributed by atoms with van der Waals surface area (Å²) in [5.41, 5.74) is 0. The first-order chi connectivity index (χ1) is 10.2. The Morgan fingerprint density at radius 3 is 2.52 bits per heavy atom. The molecule has 0 aromatic carbocycles. The molecule has 0 amide bonds. The minimum absolute atomic E-state index is 0.424. The predicted molar refractivity (Wildman–Crippen MR) is 92.8 cm³/mol. The lowest BCUT2D eigenvalue weighted by Gasteiger charge is -2.38. The second-order valence-corrected chi connectivity index (χ2v) is 6.97. The molecule has 0 heterocycles. The molecule has 0 bridgehead atoms. The van der Waals surface area contributed by atoms with Crippen molar-refractivity contribution in [3.05, 3.63) is 0 Å². The van der Waals surface area contributed by atoms with Gasteiger partial charge in [-0.15, -0.1) is 0 Å². The Hall–Kier alpha value is -0.0800. The Labute approximate surface area is 133 Å². The van der Waals surface area contributed by atoms with Crippen LogP contribution in [0.25, 0.3) is 0 Å². The van der Waals surface area contributed by atoms with Crippen molar-refractivity contribution in [1.82, 2.24) is 5.32 Å². The second kappa shape index (κ2) is 11.5. The largest absolute Gasteiger partial charge is 0.374 e. The molecule has 21 heavy (non-hydrogen) atoms. The fraction of sp³-hybridized carbons (Fsp3) is 1.00. The van der Waals surface area contributed by atoms with Crippen molar-refractivity contribution in [1.29, 1.82) is 0 Å². The molecular weight excluding hydrogens is 258 g/mol. The molecule has 1 saturated carbocycles. The van der Waals surface area contributed by atoms with Crippen LogP contribution in [0.3, 0.4) is 0 Å². The highest BCUT2D eigenvalue weighted by Gasteiger charge is 2.31. The molecule has 4 unspecified atom stereocenters. The third-order valence-corrected chi connectivity index (χ3v) is 4.93. The van der Waals surface area contributed by atoms with Gasteiger partial charge in [0, 0.05) is 6.04 Å². The van der Waals surface area contributed by atoms with E-state index in [1.165, 1.54) is 64.2 Å². The van der Waals surface area contributed by atoms with Crippen LogP contribution in [0.4, 0.5) is 0 Å². The summed E-state index contributed by atoms with van der Waals surface area (Å²) in [6, 6.07) is 0.584. The maximum atomic E-state index is 6.45. The molecule has 0 spiro atoms. The molecule has 4 atom stereocenters. The number of unbranched alkanes of at least 4 members (excludes halogenated alkanes) is 3. The van der Waals surface area contributed by atoms with Crippen molar-refractivity contribution in [3.63, 3.8) is 0 Å². The van der Waals surface area contributed by atoms with Crippen LogP contribution in [-0.4, -0.2) is 24.8 Å². The topological polar surface area (TPSA) is 21.3 Å². The third kappa shape index (κ3) is 7.65. The Bertz CT molecular complexity index is 244. The van der Waals surface area contributed by atoms with E-state index < -0.39 is 0 Å². The zero-order valence-corrected chi connectivity index (χ0v) is 15.0. The molecule has 1 rings (SSSR count). The third-order valence-electron chi connectivity index (χ3n) is 4.93. The van der Waals surface area contributed by atoms with Gasteiger partial charge in [-0.25, -0.2) is 0 Å². The van der Waals surface area contributed by atoms with E-state index in [4.69, 9.17) is 4.74 Å². The smallest absolute Gasteiger partial charge is 0.0734 e. The van der Waals surface area contributed by atoms with E-state index in [1.54, 1.807) is 0 Å². The molecule has 1 fully saturated rings. The molecular formula is C19H39NO. The van der Waals surface area contributed by atoms with Crippen LogP contribution in [0, 0.1) is 5.92 Å². The standard InChI is InChI=1S/C19H39NO/c1-5-8-9-10-12-16(4)21-19-15-17(11-6-2)13-14-18(19)20-7-3/h16-20H,5-15H2,1-4H3. The van der Waals surface area contributed by atoms with Crippen LogP contribution in [-0.2, 0) is 4.74 Å². The highest BCUT2D eigenvalue weighted by atomic mass is 16.5. The zero-order valence-electron chi connectivity index (χ0n) is 15.0. The van der Waals surface area contributed by atoms with E-state index in [2.05, 4.69) is 33.0 Å². The van der Waals surface area contributed by atoms with Gasteiger partial charge in [-0.1, -0.05) is 59.3 Å². The summed E-state index contributed by atoms with van der Waals surface area (Å²) >= 11 is 0. The monoisotopic (exact) mass is 297 g/mol. The number of likely N-dealkylation sites (N-methyl/N-ethyl adjacent to an activating group) is 1. The highest BCUT2D eigenvalue weighted by molar-refractivity contribution is 4.86. The maximum absolute atomic E-state index is 6.45. The zero-order chi connectivity index (χ0) is 15.5. The Kier molecular flexibility index (Phi) is 10.4. The number of rotatable bonds is 11. The molecule has 1 aliphatic carbocycles. The van der Waals surface area contributed by atoms with Crippen LogP contribution in [0.2, 0.25) is 0 Å². The summed E-state index contributed by atoms with van der Waals surface area (Å²) in [5, 5.41) is 3.65. The van der Waals surface area contributed by atoms with Crippen LogP contribution >= 0.6 is 0 Å². The molecule has 1 N–H and O–H groups in total. The summed E-state index contributed by atoms with van der Waals surface area (Å²) in [6.45, 7) is 10.1. The van der Waals surface area contributed by atoms with Crippen molar-refractivity contribution in [3.8, 4) is 0 Å². The first-order valence-corrected chi connectivity index (χ1v) is 9.60. The minimum atomic E-state index is 0.424. The Morgan fingerprint density at radius 1 is 1.05 bits per heavy atom. The Morgan fingerprint density at radius 2 is 1.86 bits per heavy atom. The van der Waals surface area contributed by atoms with Crippen LogP contribution in [0.1, 0.15) is 91.9 Å². The summed E-state index contributed by atoms with van der Waals surface area (Å²) < 4.78 is 6.45. The van der Waals surface area contributed by atoms with Gasteiger partial charge in [0.1, 0.15) is 0 Å². The lowest BCUT2D eigenvalue weighted by molar-refractivity contribution is -0.0541. The molecule has 0 aliphatic heterocycles. The van der Waals surface area contributed by atoms with Crippen LogP contribution < -0.4 is 5.32 Å².